The van der Waals surface area contributed by atoms with Gasteiger partial charge in [-0.1, -0.05) is 35.6 Å². The molecule has 0 bridgehead atoms. The highest BCUT2D eigenvalue weighted by atomic mass is 32.1. The van der Waals surface area contributed by atoms with Crippen molar-refractivity contribution in [2.75, 3.05) is 32.3 Å². The summed E-state index contributed by atoms with van der Waals surface area (Å²) >= 11 is 1.50. The van der Waals surface area contributed by atoms with Gasteiger partial charge < -0.3 is 19.5 Å². The van der Waals surface area contributed by atoms with Gasteiger partial charge >= 0.3 is 0 Å². The summed E-state index contributed by atoms with van der Waals surface area (Å²) in [6, 6.07) is 14.8. The van der Waals surface area contributed by atoms with Gasteiger partial charge in [-0.05, 0) is 111 Å². The lowest BCUT2D eigenvalue weighted by molar-refractivity contribution is -0.128. The number of benzene rings is 2. The topological polar surface area (TPSA) is 89.0 Å². The molecule has 1 N–H and O–H groups in total. The van der Waals surface area contributed by atoms with Gasteiger partial charge in [0.05, 0.1) is 19.1 Å². The Morgan fingerprint density at radius 1 is 0.955 bits per heavy atom. The highest BCUT2D eigenvalue weighted by Gasteiger charge is 2.34. The van der Waals surface area contributed by atoms with E-state index in [-0.39, 0.29) is 30.1 Å². The van der Waals surface area contributed by atoms with Gasteiger partial charge in [0.1, 0.15) is 11.5 Å². The molecule has 2 aliphatic carbocycles. The Morgan fingerprint density at radius 2 is 1.70 bits per heavy atom. The molecule has 0 saturated heterocycles. The van der Waals surface area contributed by atoms with Crippen LogP contribution in [0.5, 0.6) is 10.9 Å². The zero-order valence-electron chi connectivity index (χ0n) is 26.3. The second kappa shape index (κ2) is 15.2. The molecular weight excluding hydrogens is 572 g/mol. The Morgan fingerprint density at radius 3 is 2.36 bits per heavy atom. The highest BCUT2D eigenvalue weighted by Crippen LogP contribution is 2.40. The Kier molecular flexibility index (Phi) is 11.1. The molecule has 2 aromatic carbocycles. The monoisotopic (exact) mass is 618 g/mol. The van der Waals surface area contributed by atoms with E-state index >= 15 is 0 Å². The molecular formula is C36H46N2O5S. The maximum atomic E-state index is 14.3. The number of hydrogen-bond donors (Lipinski definition) is 1. The van der Waals surface area contributed by atoms with Crippen LogP contribution < -0.4 is 14.4 Å². The summed E-state index contributed by atoms with van der Waals surface area (Å²) in [6.45, 7) is 2.86. The van der Waals surface area contributed by atoms with Crippen molar-refractivity contribution < 1.29 is 24.2 Å². The van der Waals surface area contributed by atoms with Gasteiger partial charge in [0, 0.05) is 43.3 Å². The maximum absolute atomic E-state index is 14.3. The molecule has 2 fully saturated rings. The van der Waals surface area contributed by atoms with Gasteiger partial charge in [-0.15, -0.1) is 0 Å². The Labute approximate surface area is 265 Å². The third-order valence-corrected chi connectivity index (χ3v) is 10.7. The van der Waals surface area contributed by atoms with Gasteiger partial charge in [0.15, 0.2) is 0 Å². The molecule has 1 amide bonds. The number of amides is 1. The van der Waals surface area contributed by atoms with Crippen LogP contribution in [0, 0.1) is 24.7 Å². The van der Waals surface area contributed by atoms with E-state index in [1.807, 2.05) is 17.2 Å². The molecule has 236 valence electrons. The minimum Gasteiger partial charge on any atom is -0.496 e. The molecule has 5 rings (SSSR count). The summed E-state index contributed by atoms with van der Waals surface area (Å²) in [7, 11) is 3.34. The van der Waals surface area contributed by atoms with Crippen molar-refractivity contribution in [3.05, 3.63) is 59.8 Å². The van der Waals surface area contributed by atoms with Crippen LogP contribution in [0.3, 0.4) is 0 Å². The van der Waals surface area contributed by atoms with Crippen molar-refractivity contribution in [1.29, 1.82) is 0 Å². The lowest BCUT2D eigenvalue weighted by Crippen LogP contribution is -2.41. The lowest BCUT2D eigenvalue weighted by atomic mass is 9.77. The number of anilines is 1. The number of methoxy groups -OCH3 is 2. The number of hydrogen-bond acceptors (Lipinski definition) is 7. The molecule has 1 aromatic heterocycles. The van der Waals surface area contributed by atoms with Gasteiger partial charge in [-0.2, -0.15) is 0 Å². The second-order valence-corrected chi connectivity index (χ2v) is 13.5. The molecule has 0 spiro atoms. The summed E-state index contributed by atoms with van der Waals surface area (Å²) in [5, 5.41) is 9.74. The average molecular weight is 619 g/mol. The molecule has 0 atom stereocenters. The fourth-order valence-electron chi connectivity index (χ4n) is 7.07. The first-order chi connectivity index (χ1) is 21.4. The van der Waals surface area contributed by atoms with Crippen LogP contribution in [-0.4, -0.2) is 49.2 Å². The number of carbonyl (C=O) groups excluding carboxylic acids is 2. The molecule has 2 aliphatic rings. The zero-order chi connectivity index (χ0) is 31.1. The first-order valence-electron chi connectivity index (χ1n) is 16.1. The van der Waals surface area contributed by atoms with Gasteiger partial charge in [-0.25, -0.2) is 4.98 Å². The number of aliphatic hydroxyl groups excluding tert-OH is 1. The number of Topliss-reactive ketones (excluding diaryl/α,β-unsaturated/α-hetero) is 1. The predicted octanol–water partition coefficient (Wildman–Crippen LogP) is 7.59. The van der Waals surface area contributed by atoms with Crippen LogP contribution in [0.4, 0.5) is 5.69 Å². The Hall–Kier alpha value is -3.23. The molecule has 44 heavy (non-hydrogen) atoms. The molecule has 3 aromatic rings. The average Bonchev–Trinajstić information content (AvgIpc) is 3.56. The first-order valence-corrected chi connectivity index (χ1v) is 16.9. The standard InChI is InChI=1S/C36H46N2O5S/c1-24-20-29(17-18-33(24)42-2)26-11-9-25(10-12-26)23-38(31-7-4-6-30(21-31)34-22-37-36(43-3)44-34)35(41)28-15-13-27(14-16-28)32(40)8-5-19-39/h4,6-7,17-18,20-22,25-28,39H,5,8-16,19,23H2,1-3H3. The van der Waals surface area contributed by atoms with E-state index < -0.39 is 0 Å². The summed E-state index contributed by atoms with van der Waals surface area (Å²) in [5.74, 6) is 2.24. The van der Waals surface area contributed by atoms with E-state index in [1.165, 1.54) is 22.5 Å². The number of ketones is 1. The van der Waals surface area contributed by atoms with Crippen LogP contribution in [-0.2, 0) is 9.59 Å². The zero-order valence-corrected chi connectivity index (χ0v) is 27.1. The van der Waals surface area contributed by atoms with Crippen LogP contribution in [0.15, 0.2) is 48.7 Å². The third kappa shape index (κ3) is 7.70. The molecule has 7 nitrogen and oxygen atoms in total. The SMILES string of the molecule is COc1ncc(-c2cccc(N(CC3CCC(c4ccc(OC)c(C)c4)CC3)C(=O)C3CCC(C(=O)CCCO)CC3)c2)s1. The maximum Gasteiger partial charge on any atom is 0.273 e. The van der Waals surface area contributed by atoms with Crippen LogP contribution in [0.2, 0.25) is 0 Å². The minimum absolute atomic E-state index is 0.0144. The normalized spacial score (nSPS) is 21.9. The third-order valence-electron chi connectivity index (χ3n) is 9.66. The minimum atomic E-state index is -0.0809. The molecule has 0 unspecified atom stereocenters. The van der Waals surface area contributed by atoms with E-state index in [4.69, 9.17) is 14.6 Å². The van der Waals surface area contributed by atoms with E-state index in [1.54, 1.807) is 14.2 Å². The van der Waals surface area contributed by atoms with E-state index in [0.717, 1.165) is 73.2 Å². The summed E-state index contributed by atoms with van der Waals surface area (Å²) in [5.41, 5.74) is 4.51. The number of ether oxygens (including phenoxy) is 2. The van der Waals surface area contributed by atoms with Gasteiger partial charge in [-0.3, -0.25) is 9.59 Å². The molecule has 1 heterocycles. The lowest BCUT2D eigenvalue weighted by Gasteiger charge is -2.36. The second-order valence-electron chi connectivity index (χ2n) is 12.5. The Bertz CT molecular complexity index is 1410. The van der Waals surface area contributed by atoms with Gasteiger partial charge in [0.2, 0.25) is 5.91 Å². The van der Waals surface area contributed by atoms with Crippen LogP contribution in [0.1, 0.15) is 81.3 Å². The fourth-order valence-corrected chi connectivity index (χ4v) is 7.79. The molecule has 8 heteroatoms. The number of nitrogens with zero attached hydrogens (tertiary/aromatic N) is 2. The number of thiazole rings is 1. The highest BCUT2D eigenvalue weighted by molar-refractivity contribution is 7.16. The summed E-state index contributed by atoms with van der Waals surface area (Å²) in [6.07, 6.45) is 10.1. The Balaban J connectivity index is 1.31. The number of aryl methyl sites for hydroxylation is 1. The first kappa shape index (κ1) is 32.2. The van der Waals surface area contributed by atoms with Crippen molar-refractivity contribution in [2.45, 2.75) is 77.0 Å². The van der Waals surface area contributed by atoms with Crippen molar-refractivity contribution in [1.82, 2.24) is 4.98 Å². The van der Waals surface area contributed by atoms with Crippen LogP contribution in [0.25, 0.3) is 10.4 Å². The summed E-state index contributed by atoms with van der Waals surface area (Å²) in [4.78, 5) is 34.3. The quantitative estimate of drug-likeness (QED) is 0.225. The number of aliphatic hydroxyl groups is 1. The number of carbonyl (C=O) groups is 2. The predicted molar refractivity (Wildman–Crippen MR) is 176 cm³/mol. The molecule has 2 saturated carbocycles. The van der Waals surface area contributed by atoms with E-state index in [9.17, 15) is 9.59 Å². The van der Waals surface area contributed by atoms with Crippen molar-refractivity contribution in [3.63, 3.8) is 0 Å². The molecule has 0 aliphatic heterocycles. The van der Waals surface area contributed by atoms with Crippen molar-refractivity contribution >= 4 is 28.7 Å². The van der Waals surface area contributed by atoms with Crippen LogP contribution >= 0.6 is 11.3 Å². The fraction of sp³-hybridized carbons (Fsp3) is 0.528. The van der Waals surface area contributed by atoms with Gasteiger partial charge in [0.25, 0.3) is 5.19 Å². The smallest absolute Gasteiger partial charge is 0.273 e. The summed E-state index contributed by atoms with van der Waals surface area (Å²) < 4.78 is 10.8. The van der Waals surface area contributed by atoms with E-state index in [0.29, 0.717) is 36.4 Å². The largest absolute Gasteiger partial charge is 0.496 e. The van der Waals surface area contributed by atoms with Crippen molar-refractivity contribution in [2.24, 2.45) is 17.8 Å². The molecule has 0 radical (unpaired) electrons. The van der Waals surface area contributed by atoms with E-state index in [2.05, 4.69) is 48.3 Å². The van der Waals surface area contributed by atoms with Crippen molar-refractivity contribution in [3.8, 4) is 21.4 Å². The number of rotatable bonds is 12. The number of aromatic nitrogens is 1.